The molecule has 0 saturated carbocycles. The lowest BCUT2D eigenvalue weighted by molar-refractivity contribution is -0.159. The molecule has 7 heteroatoms. The number of carbonyl (C=O) groups is 2. The minimum atomic E-state index is -1.82. The summed E-state index contributed by atoms with van der Waals surface area (Å²) in [5, 5.41) is 18.3. The summed E-state index contributed by atoms with van der Waals surface area (Å²) in [5.41, 5.74) is 1.63. The number of rotatable bonds is 7. The van der Waals surface area contributed by atoms with E-state index in [1.807, 2.05) is 12.1 Å². The summed E-state index contributed by atoms with van der Waals surface area (Å²) < 4.78 is 11.5. The zero-order valence-corrected chi connectivity index (χ0v) is 17.6. The van der Waals surface area contributed by atoms with Crippen molar-refractivity contribution in [1.82, 2.24) is 5.32 Å². The lowest BCUT2D eigenvalue weighted by Crippen LogP contribution is -2.46. The number of hydrogen-bond acceptors (Lipinski definition) is 5. The monoisotopic (exact) mass is 417 g/mol. The van der Waals surface area contributed by atoms with E-state index in [1.165, 1.54) is 5.56 Å². The van der Waals surface area contributed by atoms with E-state index < -0.39 is 11.9 Å². The second kappa shape index (κ2) is 10.9. The van der Waals surface area contributed by atoms with E-state index in [2.05, 4.69) is 49.5 Å². The van der Waals surface area contributed by atoms with E-state index >= 15 is 0 Å². The van der Waals surface area contributed by atoms with Crippen LogP contribution in [0.15, 0.2) is 53.1 Å². The third-order valence-corrected chi connectivity index (χ3v) is 5.72. The van der Waals surface area contributed by atoms with Gasteiger partial charge in [0.15, 0.2) is 0 Å². The van der Waals surface area contributed by atoms with Crippen LogP contribution >= 0.6 is 0 Å². The molecule has 0 amide bonds. The van der Waals surface area contributed by atoms with Gasteiger partial charge in [0, 0.05) is 12.0 Å². The molecule has 1 saturated heterocycles. The van der Waals surface area contributed by atoms with Gasteiger partial charge in [-0.3, -0.25) is 0 Å². The van der Waals surface area contributed by atoms with Crippen molar-refractivity contribution in [3.05, 3.63) is 60.1 Å². The molecule has 1 aromatic heterocycles. The van der Waals surface area contributed by atoms with Crippen LogP contribution in [0.5, 0.6) is 0 Å². The van der Waals surface area contributed by atoms with Gasteiger partial charge in [0.2, 0.25) is 0 Å². The molecule has 2 aromatic rings. The summed E-state index contributed by atoms with van der Waals surface area (Å²) in [6.07, 6.45) is 6.09. The second-order valence-electron chi connectivity index (χ2n) is 7.84. The molecule has 0 spiro atoms. The Hall–Kier alpha value is -2.64. The summed E-state index contributed by atoms with van der Waals surface area (Å²) in [5.74, 6) is -2.65. The van der Waals surface area contributed by atoms with Gasteiger partial charge in [-0.15, -0.1) is 0 Å². The number of hydrogen-bond donors (Lipinski definition) is 3. The number of nitrogens with one attached hydrogen (secondary N) is 1. The summed E-state index contributed by atoms with van der Waals surface area (Å²) in [6.45, 7) is 7.11. The van der Waals surface area contributed by atoms with E-state index in [-0.39, 0.29) is 11.0 Å². The molecule has 3 rings (SSSR count). The lowest BCUT2D eigenvalue weighted by atomic mass is 9.66. The largest absolute Gasteiger partial charge is 0.473 e. The van der Waals surface area contributed by atoms with E-state index in [9.17, 15) is 0 Å². The second-order valence-corrected chi connectivity index (χ2v) is 7.84. The topological polar surface area (TPSA) is 109 Å². The van der Waals surface area contributed by atoms with Crippen LogP contribution in [0.2, 0.25) is 0 Å². The number of furan rings is 1. The van der Waals surface area contributed by atoms with Crippen molar-refractivity contribution in [2.24, 2.45) is 0 Å². The van der Waals surface area contributed by atoms with Crippen LogP contribution in [0.4, 0.5) is 0 Å². The molecule has 0 aliphatic carbocycles. The quantitative estimate of drug-likeness (QED) is 0.464. The normalized spacial score (nSPS) is 23.3. The Morgan fingerprint density at radius 1 is 1.10 bits per heavy atom. The van der Waals surface area contributed by atoms with Crippen molar-refractivity contribution in [1.29, 1.82) is 0 Å². The van der Waals surface area contributed by atoms with Crippen LogP contribution in [0.25, 0.3) is 0 Å². The molecule has 30 heavy (non-hydrogen) atoms. The third-order valence-electron chi connectivity index (χ3n) is 5.72. The molecule has 0 radical (unpaired) electrons. The van der Waals surface area contributed by atoms with Crippen molar-refractivity contribution in [3.63, 3.8) is 0 Å². The molecule has 1 fully saturated rings. The third kappa shape index (κ3) is 6.71. The predicted molar refractivity (Wildman–Crippen MR) is 112 cm³/mol. The van der Waals surface area contributed by atoms with E-state index in [0.29, 0.717) is 0 Å². The van der Waals surface area contributed by atoms with Crippen LogP contribution < -0.4 is 5.32 Å². The first-order chi connectivity index (χ1) is 14.3. The smallest absolute Gasteiger partial charge is 0.414 e. The summed E-state index contributed by atoms with van der Waals surface area (Å²) in [7, 11) is 0. The fraction of sp³-hybridized carbons (Fsp3) is 0.478. The van der Waals surface area contributed by atoms with Gasteiger partial charge in [-0.05, 0) is 56.8 Å². The number of carboxylic acids is 2. The maximum atomic E-state index is 9.10. The molecule has 164 valence electrons. The van der Waals surface area contributed by atoms with Crippen LogP contribution in [0, 0.1) is 0 Å². The Bertz CT molecular complexity index is 779. The molecule has 2 atom stereocenters. The van der Waals surface area contributed by atoms with Crippen LogP contribution in [0.3, 0.4) is 0 Å². The van der Waals surface area contributed by atoms with Crippen molar-refractivity contribution in [2.75, 3.05) is 13.2 Å². The highest BCUT2D eigenvalue weighted by atomic mass is 16.5. The Morgan fingerprint density at radius 2 is 1.80 bits per heavy atom. The molecule has 2 heterocycles. The van der Waals surface area contributed by atoms with E-state index in [1.54, 1.807) is 6.26 Å². The van der Waals surface area contributed by atoms with Gasteiger partial charge in [-0.1, -0.05) is 37.3 Å². The highest BCUT2D eigenvalue weighted by Gasteiger charge is 2.42. The average Bonchev–Trinajstić information content (AvgIpc) is 3.26. The van der Waals surface area contributed by atoms with Crippen LogP contribution in [-0.4, -0.2) is 40.9 Å². The van der Waals surface area contributed by atoms with Crippen molar-refractivity contribution in [3.8, 4) is 0 Å². The van der Waals surface area contributed by atoms with Crippen LogP contribution in [-0.2, 0) is 26.3 Å². The number of carboxylic acid groups (broad SMARTS) is 2. The first kappa shape index (κ1) is 23.6. The maximum Gasteiger partial charge on any atom is 0.414 e. The first-order valence-electron chi connectivity index (χ1n) is 10.2. The van der Waals surface area contributed by atoms with Gasteiger partial charge in [0.05, 0.1) is 18.4 Å². The molecule has 0 bridgehead atoms. The minimum absolute atomic E-state index is 0.0187. The molecule has 2 unspecified atom stereocenters. The van der Waals surface area contributed by atoms with Gasteiger partial charge in [-0.2, -0.15) is 0 Å². The van der Waals surface area contributed by atoms with Gasteiger partial charge in [0.25, 0.3) is 0 Å². The van der Waals surface area contributed by atoms with Crippen molar-refractivity contribution in [2.45, 2.75) is 57.1 Å². The number of aliphatic carboxylic acids is 2. The van der Waals surface area contributed by atoms with Gasteiger partial charge >= 0.3 is 11.9 Å². The fourth-order valence-electron chi connectivity index (χ4n) is 3.92. The van der Waals surface area contributed by atoms with Gasteiger partial charge < -0.3 is 24.7 Å². The van der Waals surface area contributed by atoms with Gasteiger partial charge in [-0.25, -0.2) is 9.59 Å². The molecule has 1 aromatic carbocycles. The molecular formula is C23H31NO6. The highest BCUT2D eigenvalue weighted by molar-refractivity contribution is 6.27. The Labute approximate surface area is 177 Å². The van der Waals surface area contributed by atoms with E-state index in [0.717, 1.165) is 51.1 Å². The molecular weight excluding hydrogens is 386 g/mol. The fourth-order valence-corrected chi connectivity index (χ4v) is 3.92. The predicted octanol–water partition coefficient (Wildman–Crippen LogP) is 3.83. The Balaban J connectivity index is 0.000000469. The van der Waals surface area contributed by atoms with Gasteiger partial charge in [0.1, 0.15) is 5.76 Å². The first-order valence-corrected chi connectivity index (χ1v) is 10.2. The summed E-state index contributed by atoms with van der Waals surface area (Å²) >= 11 is 0. The molecule has 1 aliphatic heterocycles. The van der Waals surface area contributed by atoms with Crippen LogP contribution in [0.1, 0.15) is 50.9 Å². The summed E-state index contributed by atoms with van der Waals surface area (Å²) in [6, 6.07) is 14.9. The molecule has 1 aliphatic rings. The SMILES string of the molecule is CCC1(C)CC(CCNCc2ccco2)(c2ccccc2)CCO1.O=C(O)C(=O)O. The standard InChI is InChI=1S/C21H29NO2.C2H2O4/c1-3-20(2)17-21(12-15-24-20,18-8-5-4-6-9-18)11-13-22-16-19-10-7-14-23-19;3-1(4)2(5)6/h4-10,14,22H,3,11-13,15-17H2,1-2H3;(H,3,4)(H,5,6). The lowest BCUT2D eigenvalue weighted by Gasteiger charge is -2.47. The molecule has 3 N–H and O–H groups in total. The zero-order chi connectivity index (χ0) is 22.0. The minimum Gasteiger partial charge on any atom is -0.473 e. The number of ether oxygens (including phenoxy) is 1. The Morgan fingerprint density at radius 3 is 2.37 bits per heavy atom. The highest BCUT2D eigenvalue weighted by Crippen LogP contribution is 2.45. The molecule has 7 nitrogen and oxygen atoms in total. The average molecular weight is 418 g/mol. The van der Waals surface area contributed by atoms with Crippen molar-refractivity contribution >= 4 is 11.9 Å². The van der Waals surface area contributed by atoms with Crippen molar-refractivity contribution < 1.29 is 29.0 Å². The zero-order valence-electron chi connectivity index (χ0n) is 17.6. The summed E-state index contributed by atoms with van der Waals surface area (Å²) in [4.78, 5) is 18.2. The van der Waals surface area contributed by atoms with E-state index in [4.69, 9.17) is 29.0 Å². The number of benzene rings is 1. The Kier molecular flexibility index (Phi) is 8.62. The maximum absolute atomic E-state index is 9.10.